The fraction of sp³-hybridized carbons (Fsp3) is 0.844. The van der Waals surface area contributed by atoms with E-state index in [2.05, 4.69) is 27.4 Å². The van der Waals surface area contributed by atoms with Gasteiger partial charge in [0.05, 0.1) is 11.5 Å². The highest BCUT2D eigenvalue weighted by Crippen LogP contribution is 2.89. The third-order valence-electron chi connectivity index (χ3n) is 13.5. The molecule has 0 bridgehead atoms. The van der Waals surface area contributed by atoms with Crippen LogP contribution in [0.1, 0.15) is 106 Å². The van der Waals surface area contributed by atoms with Crippen molar-refractivity contribution in [3.8, 4) is 0 Å². The molecule has 11 unspecified atom stereocenters. The molecule has 0 aromatic heterocycles. The fourth-order valence-electron chi connectivity index (χ4n) is 11.4. The minimum atomic E-state index is -1.23. The fourth-order valence-corrected chi connectivity index (χ4v) is 11.4. The van der Waals surface area contributed by atoms with E-state index in [0.29, 0.717) is 36.7 Å². The highest BCUT2D eigenvalue weighted by atomic mass is 16.5. The SMILES string of the molecule is C=C(C)C(=O)CCC(C)C1CCC2(C)C3C(OC(C)=O)CC4C(C)(C(=O)O)C(O)CCC45CC35CCC12C. The van der Waals surface area contributed by atoms with Crippen molar-refractivity contribution in [1.29, 1.82) is 0 Å². The topological polar surface area (TPSA) is 101 Å². The zero-order chi connectivity index (χ0) is 28.1. The summed E-state index contributed by atoms with van der Waals surface area (Å²) < 4.78 is 6.16. The van der Waals surface area contributed by atoms with Gasteiger partial charge in [0.2, 0.25) is 0 Å². The number of carboxylic acid groups (broad SMARTS) is 1. The Labute approximate surface area is 228 Å². The molecule has 5 aliphatic carbocycles. The molecule has 0 amide bonds. The molecule has 5 saturated carbocycles. The molecule has 5 aliphatic rings. The van der Waals surface area contributed by atoms with Gasteiger partial charge in [-0.2, -0.15) is 0 Å². The number of carboxylic acids is 1. The largest absolute Gasteiger partial charge is 0.481 e. The van der Waals surface area contributed by atoms with Crippen LogP contribution in [0.4, 0.5) is 0 Å². The van der Waals surface area contributed by atoms with Gasteiger partial charge in [-0.05, 0) is 117 Å². The molecule has 0 aromatic rings. The van der Waals surface area contributed by atoms with Crippen molar-refractivity contribution in [2.45, 2.75) is 118 Å². The van der Waals surface area contributed by atoms with Gasteiger partial charge in [0.1, 0.15) is 6.10 Å². The van der Waals surface area contributed by atoms with Gasteiger partial charge >= 0.3 is 11.9 Å². The Hall–Kier alpha value is -1.69. The van der Waals surface area contributed by atoms with Crippen molar-refractivity contribution in [1.82, 2.24) is 0 Å². The van der Waals surface area contributed by atoms with Crippen LogP contribution in [0, 0.1) is 50.7 Å². The lowest BCUT2D eigenvalue weighted by Crippen LogP contribution is -2.64. The second kappa shape index (κ2) is 8.65. The molecular formula is C32H48O6. The number of hydrogen-bond donors (Lipinski definition) is 2. The average molecular weight is 529 g/mol. The summed E-state index contributed by atoms with van der Waals surface area (Å²) in [4.78, 5) is 37.4. The quantitative estimate of drug-likeness (QED) is 0.313. The molecule has 0 radical (unpaired) electrons. The maximum atomic E-state index is 12.7. The van der Waals surface area contributed by atoms with E-state index >= 15 is 0 Å². The summed E-state index contributed by atoms with van der Waals surface area (Å²) in [5, 5.41) is 21.3. The van der Waals surface area contributed by atoms with Gasteiger partial charge in [-0.3, -0.25) is 14.4 Å². The molecule has 0 saturated heterocycles. The van der Waals surface area contributed by atoms with Gasteiger partial charge in [0, 0.05) is 19.3 Å². The predicted molar refractivity (Wildman–Crippen MR) is 144 cm³/mol. The van der Waals surface area contributed by atoms with Crippen molar-refractivity contribution in [2.24, 2.45) is 50.7 Å². The minimum absolute atomic E-state index is 0.0326. The first-order valence-corrected chi connectivity index (χ1v) is 14.9. The van der Waals surface area contributed by atoms with Crippen LogP contribution in [0.3, 0.4) is 0 Å². The van der Waals surface area contributed by atoms with Crippen LogP contribution in [0.25, 0.3) is 0 Å². The first kappa shape index (κ1) is 27.9. The third-order valence-corrected chi connectivity index (χ3v) is 13.5. The van der Waals surface area contributed by atoms with Crippen molar-refractivity contribution >= 4 is 17.7 Å². The minimum Gasteiger partial charge on any atom is -0.481 e. The summed E-state index contributed by atoms with van der Waals surface area (Å²) in [5.74, 6) is -0.183. The molecule has 6 heteroatoms. The second-order valence-electron chi connectivity index (χ2n) is 14.7. The number of ether oxygens (including phenoxy) is 1. The van der Waals surface area contributed by atoms with Crippen LogP contribution < -0.4 is 0 Å². The smallest absolute Gasteiger partial charge is 0.312 e. The summed E-state index contributed by atoms with van der Waals surface area (Å²) in [6.45, 7) is 16.0. The summed E-state index contributed by atoms with van der Waals surface area (Å²) in [5.41, 5.74) is -0.696. The molecule has 0 heterocycles. The van der Waals surface area contributed by atoms with Gasteiger partial charge in [-0.25, -0.2) is 0 Å². The summed E-state index contributed by atoms with van der Waals surface area (Å²) in [6.07, 6.45) is 7.37. The van der Waals surface area contributed by atoms with Crippen LogP contribution >= 0.6 is 0 Å². The number of Topliss-reactive ketones (excluding diaryl/α,β-unsaturated/α-hetero) is 1. The Morgan fingerprint density at radius 2 is 1.68 bits per heavy atom. The summed E-state index contributed by atoms with van der Waals surface area (Å²) in [7, 11) is 0. The summed E-state index contributed by atoms with van der Waals surface area (Å²) in [6, 6.07) is 0. The Kier molecular flexibility index (Phi) is 6.34. The zero-order valence-electron chi connectivity index (χ0n) is 24.3. The van der Waals surface area contributed by atoms with E-state index < -0.39 is 17.5 Å². The van der Waals surface area contributed by atoms with E-state index in [1.165, 1.54) is 6.92 Å². The third kappa shape index (κ3) is 3.37. The van der Waals surface area contributed by atoms with Gasteiger partial charge in [0.15, 0.2) is 5.78 Å². The first-order chi connectivity index (χ1) is 17.6. The normalized spacial score (nSPS) is 49.5. The molecule has 5 fully saturated rings. The van der Waals surface area contributed by atoms with Crippen LogP contribution in [0.15, 0.2) is 12.2 Å². The molecule has 2 spiro atoms. The van der Waals surface area contributed by atoms with Crippen molar-refractivity contribution < 1.29 is 29.3 Å². The second-order valence-corrected chi connectivity index (χ2v) is 14.7. The van der Waals surface area contributed by atoms with Crippen molar-refractivity contribution in [2.75, 3.05) is 0 Å². The van der Waals surface area contributed by atoms with E-state index in [1.54, 1.807) is 13.8 Å². The van der Waals surface area contributed by atoms with E-state index in [1.807, 2.05) is 0 Å². The number of aliphatic hydroxyl groups is 1. The number of ketones is 1. The Morgan fingerprint density at radius 3 is 2.29 bits per heavy atom. The maximum Gasteiger partial charge on any atom is 0.312 e. The van der Waals surface area contributed by atoms with Crippen LogP contribution in [0.5, 0.6) is 0 Å². The monoisotopic (exact) mass is 528 g/mol. The number of aliphatic carboxylic acids is 1. The Morgan fingerprint density at radius 1 is 1.00 bits per heavy atom. The van der Waals surface area contributed by atoms with E-state index in [4.69, 9.17) is 4.74 Å². The summed E-state index contributed by atoms with van der Waals surface area (Å²) >= 11 is 0. The Balaban J connectivity index is 1.51. The van der Waals surface area contributed by atoms with E-state index in [9.17, 15) is 24.6 Å². The Bertz CT molecular complexity index is 1070. The zero-order valence-corrected chi connectivity index (χ0v) is 24.3. The molecule has 11 atom stereocenters. The molecule has 5 rings (SSSR count). The van der Waals surface area contributed by atoms with Gasteiger partial charge in [-0.1, -0.05) is 27.4 Å². The molecule has 0 aromatic carbocycles. The standard InChI is InChI=1S/C32H48O6/c1-18(2)22(34)9-8-19(3)21-10-12-29(6)26-23(38-20(4)33)16-24-30(7,27(36)37)25(35)11-13-31(24)17-32(26,31)15-14-28(21,29)5/h19,21,23-26,35H,1,8-17H2,2-7H3,(H,36,37). The highest BCUT2D eigenvalue weighted by Gasteiger charge is 2.85. The van der Waals surface area contributed by atoms with Gasteiger partial charge < -0.3 is 14.9 Å². The van der Waals surface area contributed by atoms with Crippen LogP contribution in [0.2, 0.25) is 0 Å². The van der Waals surface area contributed by atoms with Crippen molar-refractivity contribution in [3.63, 3.8) is 0 Å². The molecule has 0 aliphatic heterocycles. The molecule has 6 nitrogen and oxygen atoms in total. The van der Waals surface area contributed by atoms with Crippen LogP contribution in [-0.4, -0.2) is 40.1 Å². The lowest BCUT2D eigenvalue weighted by molar-refractivity contribution is -0.219. The number of carbonyl (C=O) groups excluding carboxylic acids is 2. The lowest BCUT2D eigenvalue weighted by Gasteiger charge is -2.64. The average Bonchev–Trinajstić information content (AvgIpc) is 3.40. The first-order valence-electron chi connectivity index (χ1n) is 14.9. The van der Waals surface area contributed by atoms with Gasteiger partial charge in [0.25, 0.3) is 0 Å². The molecule has 212 valence electrons. The van der Waals surface area contributed by atoms with Crippen molar-refractivity contribution in [3.05, 3.63) is 12.2 Å². The number of aliphatic hydroxyl groups excluding tert-OH is 1. The number of esters is 1. The number of fused-ring (bicyclic) bond motifs is 2. The number of rotatable bonds is 7. The number of allylic oxidation sites excluding steroid dienone is 1. The van der Waals surface area contributed by atoms with Crippen LogP contribution in [-0.2, 0) is 19.1 Å². The van der Waals surface area contributed by atoms with E-state index in [-0.39, 0.29) is 51.4 Å². The van der Waals surface area contributed by atoms with Gasteiger partial charge in [-0.15, -0.1) is 0 Å². The molecular weight excluding hydrogens is 480 g/mol. The number of carbonyl (C=O) groups is 3. The molecule has 38 heavy (non-hydrogen) atoms. The molecule has 2 N–H and O–H groups in total. The lowest BCUT2D eigenvalue weighted by atomic mass is 9.41. The highest BCUT2D eigenvalue weighted by molar-refractivity contribution is 5.94. The number of hydrogen-bond acceptors (Lipinski definition) is 5. The maximum absolute atomic E-state index is 12.7. The van der Waals surface area contributed by atoms with E-state index in [0.717, 1.165) is 44.9 Å². The predicted octanol–water partition coefficient (Wildman–Crippen LogP) is 5.95.